The van der Waals surface area contributed by atoms with Crippen LogP contribution >= 0.6 is 11.3 Å². The molecule has 0 aliphatic heterocycles. The number of ether oxygens (including phenoxy) is 1. The maximum atomic E-state index is 12.0. The molecule has 0 radical (unpaired) electrons. The highest BCUT2D eigenvalue weighted by molar-refractivity contribution is 7.08. The Balaban J connectivity index is 1.38. The first-order valence-corrected chi connectivity index (χ1v) is 8.08. The Bertz CT molecular complexity index is 974. The second kappa shape index (κ2) is 6.25. The standard InChI is InChI=1S/C16H11N3O4S/c20-15(7-12-11-3-1-2-4-13(11)22-18-12)21-8-14-17-16(19-23-14)10-5-6-24-9-10/h1-6,9H,7-8H2. The van der Waals surface area contributed by atoms with Crippen molar-refractivity contribution in [3.8, 4) is 11.4 Å². The van der Waals surface area contributed by atoms with Gasteiger partial charge in [-0.3, -0.25) is 4.79 Å². The number of thiophene rings is 1. The van der Waals surface area contributed by atoms with Gasteiger partial charge < -0.3 is 13.8 Å². The number of hydrogen-bond donors (Lipinski definition) is 0. The molecule has 0 saturated heterocycles. The van der Waals surface area contributed by atoms with Crippen LogP contribution in [0.15, 0.2) is 50.1 Å². The minimum absolute atomic E-state index is 0.0164. The zero-order valence-corrected chi connectivity index (χ0v) is 13.2. The van der Waals surface area contributed by atoms with Crippen molar-refractivity contribution in [3.05, 3.63) is 52.7 Å². The van der Waals surface area contributed by atoms with Gasteiger partial charge in [0.15, 0.2) is 12.2 Å². The number of esters is 1. The minimum Gasteiger partial charge on any atom is -0.455 e. The highest BCUT2D eigenvalue weighted by Gasteiger charge is 2.15. The Labute approximate surface area is 139 Å². The van der Waals surface area contributed by atoms with Crippen LogP contribution in [0.3, 0.4) is 0 Å². The molecule has 0 atom stereocenters. The second-order valence-electron chi connectivity index (χ2n) is 4.99. The number of rotatable bonds is 5. The smallest absolute Gasteiger partial charge is 0.312 e. The lowest BCUT2D eigenvalue weighted by atomic mass is 10.2. The van der Waals surface area contributed by atoms with Gasteiger partial charge in [0.1, 0.15) is 5.69 Å². The molecule has 0 unspecified atom stereocenters. The third kappa shape index (κ3) is 2.91. The van der Waals surface area contributed by atoms with Gasteiger partial charge in [-0.05, 0) is 23.6 Å². The molecule has 1 aromatic carbocycles. The summed E-state index contributed by atoms with van der Waals surface area (Å²) in [6, 6.07) is 9.23. The molecule has 0 bridgehead atoms. The van der Waals surface area contributed by atoms with Crippen LogP contribution in [-0.2, 0) is 22.6 Å². The van der Waals surface area contributed by atoms with Gasteiger partial charge in [-0.15, -0.1) is 0 Å². The first kappa shape index (κ1) is 14.6. The monoisotopic (exact) mass is 341 g/mol. The molecule has 7 nitrogen and oxygen atoms in total. The predicted molar refractivity (Wildman–Crippen MR) is 85.1 cm³/mol. The molecule has 0 aliphatic carbocycles. The van der Waals surface area contributed by atoms with Crippen LogP contribution in [0.25, 0.3) is 22.4 Å². The third-order valence-electron chi connectivity index (χ3n) is 3.37. The van der Waals surface area contributed by atoms with Gasteiger partial charge in [0, 0.05) is 16.3 Å². The van der Waals surface area contributed by atoms with E-state index >= 15 is 0 Å². The summed E-state index contributed by atoms with van der Waals surface area (Å²) in [5.41, 5.74) is 2.05. The third-order valence-corrected chi connectivity index (χ3v) is 4.05. The normalized spacial score (nSPS) is 11.0. The number of para-hydroxylation sites is 1. The van der Waals surface area contributed by atoms with E-state index in [1.165, 1.54) is 0 Å². The number of hydrogen-bond acceptors (Lipinski definition) is 8. The molecule has 0 spiro atoms. The molecule has 120 valence electrons. The number of fused-ring (bicyclic) bond motifs is 1. The summed E-state index contributed by atoms with van der Waals surface area (Å²) in [5.74, 6) is 0.281. The molecular formula is C16H11N3O4S. The van der Waals surface area contributed by atoms with Crippen molar-refractivity contribution in [1.29, 1.82) is 0 Å². The highest BCUT2D eigenvalue weighted by Crippen LogP contribution is 2.20. The average Bonchev–Trinajstić information content (AvgIpc) is 3.34. The van der Waals surface area contributed by atoms with Crippen LogP contribution in [0.4, 0.5) is 0 Å². The maximum Gasteiger partial charge on any atom is 0.312 e. The molecule has 8 heteroatoms. The highest BCUT2D eigenvalue weighted by atomic mass is 32.1. The van der Waals surface area contributed by atoms with E-state index in [1.54, 1.807) is 17.4 Å². The van der Waals surface area contributed by atoms with Crippen molar-refractivity contribution < 1.29 is 18.6 Å². The molecule has 3 heterocycles. The lowest BCUT2D eigenvalue weighted by Gasteiger charge is -1.99. The largest absolute Gasteiger partial charge is 0.455 e. The summed E-state index contributed by atoms with van der Waals surface area (Å²) >= 11 is 1.54. The predicted octanol–water partition coefficient (Wildman–Crippen LogP) is 3.23. The number of carbonyl (C=O) groups excluding carboxylic acids is 1. The minimum atomic E-state index is -0.440. The molecule has 0 aliphatic rings. The van der Waals surface area contributed by atoms with Gasteiger partial charge in [-0.2, -0.15) is 16.3 Å². The first-order valence-electron chi connectivity index (χ1n) is 7.13. The fourth-order valence-electron chi connectivity index (χ4n) is 2.22. The van der Waals surface area contributed by atoms with Gasteiger partial charge >= 0.3 is 5.97 Å². The van der Waals surface area contributed by atoms with Crippen molar-refractivity contribution in [2.24, 2.45) is 0 Å². The lowest BCUT2D eigenvalue weighted by Crippen LogP contribution is -2.08. The second-order valence-corrected chi connectivity index (χ2v) is 5.77. The molecule has 24 heavy (non-hydrogen) atoms. The van der Waals surface area contributed by atoms with Crippen LogP contribution in [-0.4, -0.2) is 21.3 Å². The molecule has 4 rings (SSSR count). The van der Waals surface area contributed by atoms with Gasteiger partial charge in [-0.25, -0.2) is 0 Å². The first-order chi connectivity index (χ1) is 11.8. The summed E-state index contributed by atoms with van der Waals surface area (Å²) < 4.78 is 15.4. The van der Waals surface area contributed by atoms with Crippen LogP contribution in [0.2, 0.25) is 0 Å². The van der Waals surface area contributed by atoms with Gasteiger partial charge in [0.25, 0.3) is 5.89 Å². The average molecular weight is 341 g/mol. The Morgan fingerprint density at radius 3 is 2.96 bits per heavy atom. The molecule has 0 N–H and O–H groups in total. The van der Waals surface area contributed by atoms with Gasteiger partial charge in [0.2, 0.25) is 5.82 Å². The van der Waals surface area contributed by atoms with Crippen molar-refractivity contribution in [2.75, 3.05) is 0 Å². The van der Waals surface area contributed by atoms with E-state index < -0.39 is 5.97 Å². The maximum absolute atomic E-state index is 12.0. The van der Waals surface area contributed by atoms with E-state index in [0.717, 1.165) is 10.9 Å². The quantitative estimate of drug-likeness (QED) is 0.515. The number of benzene rings is 1. The van der Waals surface area contributed by atoms with E-state index in [9.17, 15) is 4.79 Å². The summed E-state index contributed by atoms with van der Waals surface area (Å²) in [4.78, 5) is 16.2. The molecule has 0 fully saturated rings. The molecular weight excluding hydrogens is 330 g/mol. The summed E-state index contributed by atoms with van der Waals surface area (Å²) in [6.45, 7) is -0.0776. The van der Waals surface area contributed by atoms with Gasteiger partial charge in [-0.1, -0.05) is 22.4 Å². The Morgan fingerprint density at radius 2 is 2.08 bits per heavy atom. The van der Waals surface area contributed by atoms with E-state index in [2.05, 4.69) is 15.3 Å². The zero-order valence-electron chi connectivity index (χ0n) is 12.3. The topological polar surface area (TPSA) is 91.2 Å². The van der Waals surface area contributed by atoms with E-state index in [0.29, 0.717) is 17.1 Å². The molecule has 3 aromatic heterocycles. The van der Waals surface area contributed by atoms with Crippen molar-refractivity contribution in [2.45, 2.75) is 13.0 Å². The van der Waals surface area contributed by atoms with Crippen molar-refractivity contribution in [1.82, 2.24) is 15.3 Å². The lowest BCUT2D eigenvalue weighted by molar-refractivity contribution is -0.145. The van der Waals surface area contributed by atoms with Crippen LogP contribution in [0, 0.1) is 0 Å². The van der Waals surface area contributed by atoms with E-state index in [-0.39, 0.29) is 18.9 Å². The summed E-state index contributed by atoms with van der Waals surface area (Å²) in [5, 5.41) is 12.4. The van der Waals surface area contributed by atoms with E-state index in [1.807, 2.05) is 35.0 Å². The van der Waals surface area contributed by atoms with Crippen molar-refractivity contribution >= 4 is 28.3 Å². The molecule has 4 aromatic rings. The summed E-state index contributed by atoms with van der Waals surface area (Å²) in [7, 11) is 0. The number of carbonyl (C=O) groups is 1. The number of nitrogens with zero attached hydrogens (tertiary/aromatic N) is 3. The number of aromatic nitrogens is 3. The Morgan fingerprint density at radius 1 is 1.17 bits per heavy atom. The van der Waals surface area contributed by atoms with Crippen LogP contribution in [0.5, 0.6) is 0 Å². The Hall–Kier alpha value is -3.00. The van der Waals surface area contributed by atoms with Gasteiger partial charge in [0.05, 0.1) is 6.42 Å². The Kier molecular flexibility index (Phi) is 3.80. The van der Waals surface area contributed by atoms with Crippen molar-refractivity contribution in [3.63, 3.8) is 0 Å². The fourth-order valence-corrected chi connectivity index (χ4v) is 2.85. The zero-order chi connectivity index (χ0) is 16.4. The van der Waals surface area contributed by atoms with Crippen LogP contribution < -0.4 is 0 Å². The van der Waals surface area contributed by atoms with Crippen LogP contribution in [0.1, 0.15) is 11.6 Å². The fraction of sp³-hybridized carbons (Fsp3) is 0.125. The summed E-state index contributed by atoms with van der Waals surface area (Å²) in [6.07, 6.45) is 0.0164. The SMILES string of the molecule is O=C(Cc1noc2ccccc12)OCc1nc(-c2ccsc2)no1. The van der Waals surface area contributed by atoms with E-state index in [4.69, 9.17) is 13.8 Å². The molecule has 0 saturated carbocycles. The molecule has 0 amide bonds.